The SMILES string of the molecule is CNC(=O)c1nnc(NC(=O)C2CC2)cc1Nc1cccc(C(=O)Nc2ccc(C(=O)N3C4CCC3CC4)cc2)c1OC. The van der Waals surface area contributed by atoms with E-state index in [1.807, 2.05) is 4.90 Å². The molecule has 2 aromatic carbocycles. The molecule has 12 nitrogen and oxygen atoms in total. The average Bonchev–Trinajstić information content (AvgIpc) is 3.71. The standard InChI is InChI=1S/C31H33N7O5/c1-32-30(41)26-24(16-25(36-37-26)35-28(39)17-6-7-17)34-23-5-3-4-22(27(23)43-2)29(40)33-19-10-8-18(9-11-19)31(42)38-20-12-13-21(38)15-14-20/h3-5,8-11,16-17,20-21H,6-7,12-15H2,1-2H3,(H,32,41)(H,33,40)(H2,34,35,36,39). The molecule has 3 fully saturated rings. The van der Waals surface area contributed by atoms with Gasteiger partial charge in [-0.3, -0.25) is 19.2 Å². The Labute approximate surface area is 248 Å². The molecule has 3 heterocycles. The normalized spacial score (nSPS) is 18.6. The minimum atomic E-state index is -0.484. The Kier molecular flexibility index (Phi) is 7.66. The van der Waals surface area contributed by atoms with E-state index in [0.717, 1.165) is 38.5 Å². The minimum Gasteiger partial charge on any atom is -0.494 e. The number of benzene rings is 2. The first-order chi connectivity index (χ1) is 20.9. The summed E-state index contributed by atoms with van der Waals surface area (Å²) in [7, 11) is 2.91. The Morgan fingerprint density at radius 1 is 0.837 bits per heavy atom. The molecule has 3 aliphatic rings. The zero-order chi connectivity index (χ0) is 30.1. The third-order valence-corrected chi connectivity index (χ3v) is 8.25. The van der Waals surface area contributed by atoms with Crippen LogP contribution in [0.15, 0.2) is 48.5 Å². The summed E-state index contributed by atoms with van der Waals surface area (Å²) in [5.41, 5.74) is 2.04. The molecule has 6 rings (SSSR count). The van der Waals surface area contributed by atoms with Crippen molar-refractivity contribution in [1.29, 1.82) is 0 Å². The van der Waals surface area contributed by atoms with E-state index in [4.69, 9.17) is 4.74 Å². The number of fused-ring (bicyclic) bond motifs is 2. The highest BCUT2D eigenvalue weighted by Gasteiger charge is 2.42. The van der Waals surface area contributed by atoms with Crippen molar-refractivity contribution in [1.82, 2.24) is 20.4 Å². The summed E-state index contributed by atoms with van der Waals surface area (Å²) in [5, 5.41) is 19.2. The maximum absolute atomic E-state index is 13.4. The number of carbonyl (C=O) groups is 4. The molecule has 2 saturated heterocycles. The molecule has 222 valence electrons. The highest BCUT2D eigenvalue weighted by atomic mass is 16.5. The van der Waals surface area contributed by atoms with Gasteiger partial charge in [0.15, 0.2) is 17.3 Å². The van der Waals surface area contributed by atoms with E-state index in [1.165, 1.54) is 20.2 Å². The number of rotatable bonds is 9. The van der Waals surface area contributed by atoms with Crippen molar-refractivity contribution >= 4 is 46.5 Å². The number of aromatic nitrogens is 2. The first-order valence-electron chi connectivity index (χ1n) is 14.4. The predicted octanol–water partition coefficient (Wildman–Crippen LogP) is 3.96. The second-order valence-corrected chi connectivity index (χ2v) is 11.1. The summed E-state index contributed by atoms with van der Waals surface area (Å²) in [6.07, 6.45) is 5.95. The molecule has 1 saturated carbocycles. The van der Waals surface area contributed by atoms with E-state index >= 15 is 0 Å². The molecule has 1 aromatic heterocycles. The van der Waals surface area contributed by atoms with Gasteiger partial charge in [-0.25, -0.2) is 0 Å². The van der Waals surface area contributed by atoms with Gasteiger partial charge in [-0.1, -0.05) is 6.07 Å². The zero-order valence-corrected chi connectivity index (χ0v) is 24.0. The highest BCUT2D eigenvalue weighted by Crippen LogP contribution is 2.38. The van der Waals surface area contributed by atoms with E-state index < -0.39 is 11.8 Å². The number of anilines is 4. The lowest BCUT2D eigenvalue weighted by atomic mass is 10.0. The van der Waals surface area contributed by atoms with Gasteiger partial charge >= 0.3 is 0 Å². The number of nitrogens with zero attached hydrogens (tertiary/aromatic N) is 3. The molecule has 0 spiro atoms. The van der Waals surface area contributed by atoms with Crippen molar-refractivity contribution in [3.63, 3.8) is 0 Å². The number of nitrogens with one attached hydrogen (secondary N) is 4. The Morgan fingerprint density at radius 2 is 1.53 bits per heavy atom. The van der Waals surface area contributed by atoms with Crippen LogP contribution < -0.4 is 26.0 Å². The second-order valence-electron chi connectivity index (χ2n) is 11.1. The van der Waals surface area contributed by atoms with Crippen LogP contribution in [-0.4, -0.2) is 65.0 Å². The lowest BCUT2D eigenvalue weighted by molar-refractivity contribution is -0.117. The van der Waals surface area contributed by atoms with E-state index in [0.29, 0.717) is 29.0 Å². The van der Waals surface area contributed by atoms with Gasteiger partial charge in [-0.15, -0.1) is 10.2 Å². The van der Waals surface area contributed by atoms with Gasteiger partial charge in [-0.2, -0.15) is 0 Å². The van der Waals surface area contributed by atoms with E-state index in [1.54, 1.807) is 42.5 Å². The molecular weight excluding hydrogens is 550 g/mol. The third-order valence-electron chi connectivity index (χ3n) is 8.25. The molecule has 1 aliphatic carbocycles. The zero-order valence-electron chi connectivity index (χ0n) is 24.0. The van der Waals surface area contributed by atoms with Crippen LogP contribution in [0.2, 0.25) is 0 Å². The van der Waals surface area contributed by atoms with Crippen molar-refractivity contribution in [2.75, 3.05) is 30.1 Å². The average molecular weight is 584 g/mol. The minimum absolute atomic E-state index is 0.000372. The van der Waals surface area contributed by atoms with Crippen LogP contribution in [0.5, 0.6) is 5.75 Å². The summed E-state index contributed by atoms with van der Waals surface area (Å²) >= 11 is 0. The van der Waals surface area contributed by atoms with Crippen LogP contribution in [0.4, 0.5) is 22.9 Å². The molecule has 3 aromatic rings. The van der Waals surface area contributed by atoms with Crippen LogP contribution in [0.1, 0.15) is 69.7 Å². The monoisotopic (exact) mass is 583 g/mol. The summed E-state index contributed by atoms with van der Waals surface area (Å²) in [6, 6.07) is 14.1. The van der Waals surface area contributed by atoms with Gasteiger partial charge in [0, 0.05) is 42.4 Å². The Balaban J connectivity index is 1.20. The number of para-hydroxylation sites is 1. The second kappa shape index (κ2) is 11.7. The van der Waals surface area contributed by atoms with Crippen molar-refractivity contribution in [3.8, 4) is 5.75 Å². The van der Waals surface area contributed by atoms with Crippen molar-refractivity contribution in [2.45, 2.75) is 50.6 Å². The molecular formula is C31H33N7O5. The predicted molar refractivity (Wildman–Crippen MR) is 160 cm³/mol. The Morgan fingerprint density at radius 3 is 2.16 bits per heavy atom. The first-order valence-corrected chi connectivity index (χ1v) is 14.4. The fourth-order valence-electron chi connectivity index (χ4n) is 5.88. The number of hydrogen-bond acceptors (Lipinski definition) is 8. The maximum atomic E-state index is 13.4. The molecule has 12 heteroatoms. The van der Waals surface area contributed by atoms with E-state index in [2.05, 4.69) is 31.5 Å². The quantitative estimate of drug-likeness (QED) is 0.295. The fraction of sp³-hybridized carbons (Fsp3) is 0.355. The molecule has 0 radical (unpaired) electrons. The molecule has 0 unspecified atom stereocenters. The van der Waals surface area contributed by atoms with Crippen LogP contribution >= 0.6 is 0 Å². The number of amides is 4. The van der Waals surface area contributed by atoms with Gasteiger partial charge in [0.25, 0.3) is 17.7 Å². The lowest BCUT2D eigenvalue weighted by Crippen LogP contribution is -2.35. The van der Waals surface area contributed by atoms with Crippen LogP contribution in [0.3, 0.4) is 0 Å². The summed E-state index contributed by atoms with van der Waals surface area (Å²) < 4.78 is 5.62. The Bertz CT molecular complexity index is 1570. The Hall–Kier alpha value is -5.00. The molecule has 2 aliphatic heterocycles. The van der Waals surface area contributed by atoms with Gasteiger partial charge in [0.1, 0.15) is 0 Å². The number of ether oxygens (including phenoxy) is 1. The van der Waals surface area contributed by atoms with E-state index in [-0.39, 0.29) is 46.2 Å². The smallest absolute Gasteiger partial charge is 0.273 e. The van der Waals surface area contributed by atoms with Gasteiger partial charge in [0.05, 0.1) is 24.0 Å². The first kappa shape index (κ1) is 28.1. The number of methoxy groups -OCH3 is 1. The molecule has 4 amide bonds. The van der Waals surface area contributed by atoms with Gasteiger partial charge in [0.2, 0.25) is 5.91 Å². The topological polar surface area (TPSA) is 155 Å². The molecule has 0 atom stereocenters. The lowest BCUT2D eigenvalue weighted by Gasteiger charge is -2.22. The molecule has 4 N–H and O–H groups in total. The van der Waals surface area contributed by atoms with Gasteiger partial charge in [-0.05, 0) is 74.9 Å². The third kappa shape index (κ3) is 5.72. The highest BCUT2D eigenvalue weighted by molar-refractivity contribution is 6.08. The molecule has 2 bridgehead atoms. The maximum Gasteiger partial charge on any atom is 0.273 e. The van der Waals surface area contributed by atoms with Crippen molar-refractivity contribution in [2.24, 2.45) is 5.92 Å². The van der Waals surface area contributed by atoms with Crippen LogP contribution in [-0.2, 0) is 4.79 Å². The van der Waals surface area contributed by atoms with Crippen LogP contribution in [0, 0.1) is 5.92 Å². The van der Waals surface area contributed by atoms with Crippen molar-refractivity contribution < 1.29 is 23.9 Å². The van der Waals surface area contributed by atoms with Crippen molar-refractivity contribution in [3.05, 3.63) is 65.4 Å². The van der Waals surface area contributed by atoms with Gasteiger partial charge < -0.3 is 30.9 Å². The number of carbonyl (C=O) groups excluding carboxylic acids is 4. The number of hydrogen-bond donors (Lipinski definition) is 4. The van der Waals surface area contributed by atoms with E-state index in [9.17, 15) is 19.2 Å². The summed E-state index contributed by atoms with van der Waals surface area (Å²) in [6.45, 7) is 0. The fourth-order valence-corrected chi connectivity index (χ4v) is 5.88. The van der Waals surface area contributed by atoms with Crippen LogP contribution in [0.25, 0.3) is 0 Å². The largest absolute Gasteiger partial charge is 0.494 e. The molecule has 43 heavy (non-hydrogen) atoms. The summed E-state index contributed by atoms with van der Waals surface area (Å²) in [4.78, 5) is 53.3. The summed E-state index contributed by atoms with van der Waals surface area (Å²) in [5.74, 6) is -0.621.